The number of benzene rings is 4. The van der Waals surface area contributed by atoms with Crippen molar-refractivity contribution in [3.63, 3.8) is 0 Å². The molecule has 0 N–H and O–H groups in total. The number of ether oxygens (including phenoxy) is 2. The fraction of sp³-hybridized carbons (Fsp3) is 0.103. The molecule has 0 atom stereocenters. The van der Waals surface area contributed by atoms with E-state index in [2.05, 4.69) is 34.1 Å². The van der Waals surface area contributed by atoms with Gasteiger partial charge >= 0.3 is 0 Å². The standard InChI is InChI=1S/C29H22BrNO4S/c1-34-26-15-19(13-14-25(26)35-18-22-10-6-9-20-7-2-4-11-23(20)22)16-27-28(32)31(29(33)36-27)17-21-8-3-5-12-24(21)30/h2-16H,17-18H2,1H3/b27-16+. The largest absolute Gasteiger partial charge is 0.493 e. The molecule has 5 rings (SSSR count). The number of hydrogen-bond donors (Lipinski definition) is 0. The summed E-state index contributed by atoms with van der Waals surface area (Å²) >= 11 is 4.42. The van der Waals surface area contributed by atoms with Crippen LogP contribution in [0.15, 0.2) is 94.3 Å². The summed E-state index contributed by atoms with van der Waals surface area (Å²) in [6.07, 6.45) is 1.71. The Balaban J connectivity index is 1.33. The van der Waals surface area contributed by atoms with Crippen LogP contribution in [0.1, 0.15) is 16.7 Å². The molecule has 5 nitrogen and oxygen atoms in total. The average molecular weight is 560 g/mol. The van der Waals surface area contributed by atoms with Crippen molar-refractivity contribution in [1.82, 2.24) is 4.90 Å². The summed E-state index contributed by atoms with van der Waals surface area (Å²) in [4.78, 5) is 27.2. The number of imide groups is 1. The van der Waals surface area contributed by atoms with Crippen LogP contribution in [-0.2, 0) is 17.9 Å². The molecule has 1 heterocycles. The Hall–Kier alpha value is -3.55. The first kappa shape index (κ1) is 24.2. The molecule has 0 unspecified atom stereocenters. The predicted molar refractivity (Wildman–Crippen MR) is 147 cm³/mol. The lowest BCUT2D eigenvalue weighted by Gasteiger charge is -2.14. The van der Waals surface area contributed by atoms with Gasteiger partial charge in [0.25, 0.3) is 11.1 Å². The van der Waals surface area contributed by atoms with Gasteiger partial charge in [0.1, 0.15) is 6.61 Å². The van der Waals surface area contributed by atoms with E-state index in [1.165, 1.54) is 4.90 Å². The first-order valence-electron chi connectivity index (χ1n) is 11.3. The highest BCUT2D eigenvalue weighted by molar-refractivity contribution is 9.10. The van der Waals surface area contributed by atoms with Crippen molar-refractivity contribution in [2.75, 3.05) is 7.11 Å². The van der Waals surface area contributed by atoms with Crippen molar-refractivity contribution in [3.8, 4) is 11.5 Å². The lowest BCUT2D eigenvalue weighted by molar-refractivity contribution is -0.123. The Kier molecular flexibility index (Phi) is 7.11. The van der Waals surface area contributed by atoms with Crippen LogP contribution in [-0.4, -0.2) is 23.2 Å². The third-order valence-corrected chi connectivity index (χ3v) is 7.59. The van der Waals surface area contributed by atoms with E-state index in [9.17, 15) is 9.59 Å². The minimum Gasteiger partial charge on any atom is -0.493 e. The molecule has 1 fully saturated rings. The van der Waals surface area contributed by atoms with Gasteiger partial charge in [0.15, 0.2) is 11.5 Å². The topological polar surface area (TPSA) is 55.8 Å². The Morgan fingerprint density at radius 2 is 1.64 bits per heavy atom. The van der Waals surface area contributed by atoms with Gasteiger partial charge in [-0.15, -0.1) is 0 Å². The molecular weight excluding hydrogens is 538 g/mol. The molecule has 0 radical (unpaired) electrons. The third kappa shape index (κ3) is 5.03. The Morgan fingerprint density at radius 3 is 2.47 bits per heavy atom. The molecule has 1 saturated heterocycles. The summed E-state index contributed by atoms with van der Waals surface area (Å²) in [6.45, 7) is 0.610. The summed E-state index contributed by atoms with van der Waals surface area (Å²) in [5.74, 6) is 0.844. The van der Waals surface area contributed by atoms with Crippen molar-refractivity contribution >= 4 is 55.7 Å². The minimum atomic E-state index is -0.309. The number of methoxy groups -OCH3 is 1. The molecule has 2 amide bonds. The fourth-order valence-electron chi connectivity index (χ4n) is 4.05. The number of thioether (sulfide) groups is 1. The van der Waals surface area contributed by atoms with Crippen LogP contribution in [0.3, 0.4) is 0 Å². The Morgan fingerprint density at radius 1 is 0.889 bits per heavy atom. The van der Waals surface area contributed by atoms with Gasteiger partial charge in [-0.1, -0.05) is 82.7 Å². The highest BCUT2D eigenvalue weighted by atomic mass is 79.9. The zero-order valence-corrected chi connectivity index (χ0v) is 21.8. The summed E-state index contributed by atoms with van der Waals surface area (Å²) in [7, 11) is 1.58. The van der Waals surface area contributed by atoms with Gasteiger partial charge in [0.05, 0.1) is 18.6 Å². The third-order valence-electron chi connectivity index (χ3n) is 5.91. The molecule has 0 bridgehead atoms. The zero-order chi connectivity index (χ0) is 25.1. The van der Waals surface area contributed by atoms with Gasteiger partial charge in [-0.3, -0.25) is 14.5 Å². The number of rotatable bonds is 7. The van der Waals surface area contributed by atoms with Crippen molar-refractivity contribution in [1.29, 1.82) is 0 Å². The van der Waals surface area contributed by atoms with Crippen molar-refractivity contribution < 1.29 is 19.1 Å². The van der Waals surface area contributed by atoms with Crippen LogP contribution in [0.4, 0.5) is 4.79 Å². The fourth-order valence-corrected chi connectivity index (χ4v) is 5.30. The van der Waals surface area contributed by atoms with Gasteiger partial charge in [0.2, 0.25) is 0 Å². The van der Waals surface area contributed by atoms with E-state index in [0.29, 0.717) is 23.0 Å². The smallest absolute Gasteiger partial charge is 0.293 e. The van der Waals surface area contributed by atoms with E-state index in [4.69, 9.17) is 9.47 Å². The summed E-state index contributed by atoms with van der Waals surface area (Å²) in [5.41, 5.74) is 2.70. The molecule has 0 spiro atoms. The minimum absolute atomic E-state index is 0.216. The van der Waals surface area contributed by atoms with Crippen molar-refractivity contribution in [3.05, 3.63) is 111 Å². The maximum Gasteiger partial charge on any atom is 0.293 e. The Bertz CT molecular complexity index is 1490. The molecule has 0 saturated carbocycles. The van der Waals surface area contributed by atoms with E-state index in [1.807, 2.05) is 60.7 Å². The molecule has 4 aromatic carbocycles. The van der Waals surface area contributed by atoms with Crippen molar-refractivity contribution in [2.24, 2.45) is 0 Å². The molecule has 36 heavy (non-hydrogen) atoms. The Labute approximate surface area is 221 Å². The van der Waals surface area contributed by atoms with Crippen LogP contribution >= 0.6 is 27.7 Å². The molecule has 1 aliphatic rings. The number of hydrogen-bond acceptors (Lipinski definition) is 5. The summed E-state index contributed by atoms with van der Waals surface area (Å²) in [6, 6.07) is 27.4. The SMILES string of the molecule is COc1cc(/C=C2/SC(=O)N(Cc3ccccc3Br)C2=O)ccc1OCc1cccc2ccccc12. The van der Waals surface area contributed by atoms with Gasteiger partial charge in [-0.25, -0.2) is 0 Å². The summed E-state index contributed by atoms with van der Waals surface area (Å²) < 4.78 is 12.5. The number of amides is 2. The highest BCUT2D eigenvalue weighted by Crippen LogP contribution is 2.36. The number of nitrogens with zero attached hydrogens (tertiary/aromatic N) is 1. The lowest BCUT2D eigenvalue weighted by atomic mass is 10.1. The highest BCUT2D eigenvalue weighted by Gasteiger charge is 2.35. The van der Waals surface area contributed by atoms with Crippen LogP contribution < -0.4 is 9.47 Å². The molecule has 0 aromatic heterocycles. The van der Waals surface area contributed by atoms with E-state index < -0.39 is 0 Å². The molecule has 4 aromatic rings. The molecule has 7 heteroatoms. The van der Waals surface area contributed by atoms with E-state index in [-0.39, 0.29) is 17.7 Å². The maximum absolute atomic E-state index is 13.0. The van der Waals surface area contributed by atoms with Gasteiger partial charge in [-0.2, -0.15) is 0 Å². The van der Waals surface area contributed by atoms with Crippen LogP contribution in [0.25, 0.3) is 16.8 Å². The number of carbonyl (C=O) groups is 2. The number of fused-ring (bicyclic) bond motifs is 1. The van der Waals surface area contributed by atoms with Crippen molar-refractivity contribution in [2.45, 2.75) is 13.2 Å². The number of halogens is 1. The summed E-state index contributed by atoms with van der Waals surface area (Å²) in [5, 5.41) is 2.02. The van der Waals surface area contributed by atoms with Gasteiger partial charge in [0, 0.05) is 4.47 Å². The molecular formula is C29H22BrNO4S. The zero-order valence-electron chi connectivity index (χ0n) is 19.4. The normalized spacial score (nSPS) is 14.6. The second kappa shape index (κ2) is 10.6. The van der Waals surface area contributed by atoms with Crippen LogP contribution in [0.5, 0.6) is 11.5 Å². The second-order valence-corrected chi connectivity index (χ2v) is 10.0. The first-order valence-corrected chi connectivity index (χ1v) is 12.9. The average Bonchev–Trinajstić information content (AvgIpc) is 3.16. The van der Waals surface area contributed by atoms with Gasteiger partial charge in [-0.05, 0) is 63.5 Å². The first-order chi connectivity index (χ1) is 17.5. The van der Waals surface area contributed by atoms with Gasteiger partial charge < -0.3 is 9.47 Å². The van der Waals surface area contributed by atoms with Crippen LogP contribution in [0, 0.1) is 0 Å². The van der Waals surface area contributed by atoms with E-state index >= 15 is 0 Å². The molecule has 180 valence electrons. The maximum atomic E-state index is 13.0. The van der Waals surface area contributed by atoms with E-state index in [1.54, 1.807) is 19.3 Å². The van der Waals surface area contributed by atoms with E-state index in [0.717, 1.165) is 43.7 Å². The lowest BCUT2D eigenvalue weighted by Crippen LogP contribution is -2.27. The molecule has 1 aliphatic heterocycles. The molecule has 0 aliphatic carbocycles. The van der Waals surface area contributed by atoms with Crippen LogP contribution in [0.2, 0.25) is 0 Å². The number of carbonyl (C=O) groups excluding carboxylic acids is 2. The monoisotopic (exact) mass is 559 g/mol. The second-order valence-electron chi connectivity index (χ2n) is 8.20. The quantitative estimate of drug-likeness (QED) is 0.220. The predicted octanol–water partition coefficient (Wildman–Crippen LogP) is 7.43.